The lowest BCUT2D eigenvalue weighted by atomic mass is 9.97. The zero-order chi connectivity index (χ0) is 18.5. The van der Waals surface area contributed by atoms with E-state index >= 15 is 0 Å². The number of rotatable bonds is 6. The van der Waals surface area contributed by atoms with Gasteiger partial charge in [0.1, 0.15) is 19.0 Å². The maximum Gasteiger partial charge on any atom is 0.223 e. The smallest absolute Gasteiger partial charge is 0.223 e. The van der Waals surface area contributed by atoms with Gasteiger partial charge in [-0.1, -0.05) is 31.2 Å². The summed E-state index contributed by atoms with van der Waals surface area (Å²) >= 11 is 0. The Hall–Kier alpha value is -2.56. The Morgan fingerprint density at radius 2 is 1.88 bits per heavy atom. The summed E-state index contributed by atoms with van der Waals surface area (Å²) in [4.78, 5) is 14.6. The summed E-state index contributed by atoms with van der Waals surface area (Å²) in [5.74, 6) is 1.30. The van der Waals surface area contributed by atoms with E-state index in [-0.39, 0.29) is 17.6 Å². The molecule has 0 saturated heterocycles. The van der Waals surface area contributed by atoms with Crippen molar-refractivity contribution in [1.82, 2.24) is 4.90 Å². The summed E-state index contributed by atoms with van der Waals surface area (Å²) in [6.45, 7) is 6.11. The maximum absolute atomic E-state index is 13.1. The molecule has 5 heteroatoms. The minimum Gasteiger partial charge on any atom is -0.486 e. The zero-order valence-corrected chi connectivity index (χ0v) is 15.2. The molecule has 0 saturated carbocycles. The zero-order valence-electron chi connectivity index (χ0n) is 15.2. The van der Waals surface area contributed by atoms with Crippen molar-refractivity contribution < 1.29 is 18.7 Å². The SMILES string of the molecule is CCN(Cc1cccc2c1OCCO2)C(=O)CC(C)c1ccc(F)cc1. The molecule has 3 rings (SSSR count). The number of carbonyl (C=O) groups excluding carboxylic acids is 1. The number of hydrogen-bond acceptors (Lipinski definition) is 3. The normalized spacial score (nSPS) is 14.0. The van der Waals surface area contributed by atoms with Crippen LogP contribution in [-0.4, -0.2) is 30.6 Å². The Morgan fingerprint density at radius 1 is 1.15 bits per heavy atom. The van der Waals surface area contributed by atoms with Crippen molar-refractivity contribution in [3.05, 3.63) is 59.4 Å². The van der Waals surface area contributed by atoms with Gasteiger partial charge in [0, 0.05) is 25.1 Å². The average Bonchev–Trinajstić information content (AvgIpc) is 2.66. The van der Waals surface area contributed by atoms with Crippen molar-refractivity contribution >= 4 is 5.91 Å². The first-order chi connectivity index (χ1) is 12.6. The first-order valence-corrected chi connectivity index (χ1v) is 8.99. The highest BCUT2D eigenvalue weighted by molar-refractivity contribution is 5.77. The lowest BCUT2D eigenvalue weighted by Gasteiger charge is -2.26. The Labute approximate surface area is 153 Å². The highest BCUT2D eigenvalue weighted by Crippen LogP contribution is 2.34. The standard InChI is InChI=1S/C21H24FNO3/c1-3-23(14-17-5-4-6-19-21(17)26-12-11-25-19)20(24)13-15(2)16-7-9-18(22)10-8-16/h4-10,15H,3,11-14H2,1-2H3. The van der Waals surface area contributed by atoms with Crippen LogP contribution in [0.4, 0.5) is 4.39 Å². The quantitative estimate of drug-likeness (QED) is 0.780. The fraction of sp³-hybridized carbons (Fsp3) is 0.381. The molecule has 2 aromatic rings. The predicted molar refractivity (Wildman–Crippen MR) is 98.0 cm³/mol. The number of amides is 1. The van der Waals surface area contributed by atoms with Crippen LogP contribution >= 0.6 is 0 Å². The van der Waals surface area contributed by atoms with Gasteiger partial charge < -0.3 is 14.4 Å². The van der Waals surface area contributed by atoms with E-state index in [4.69, 9.17) is 9.47 Å². The van der Waals surface area contributed by atoms with Crippen molar-refractivity contribution in [3.8, 4) is 11.5 Å². The maximum atomic E-state index is 13.1. The molecular weight excluding hydrogens is 333 g/mol. The van der Waals surface area contributed by atoms with E-state index in [0.717, 1.165) is 22.6 Å². The molecule has 1 aliphatic heterocycles. The monoisotopic (exact) mass is 357 g/mol. The van der Waals surface area contributed by atoms with Crippen LogP contribution in [-0.2, 0) is 11.3 Å². The van der Waals surface area contributed by atoms with Gasteiger partial charge in [0.2, 0.25) is 5.91 Å². The van der Waals surface area contributed by atoms with E-state index in [2.05, 4.69) is 0 Å². The van der Waals surface area contributed by atoms with Gasteiger partial charge in [-0.3, -0.25) is 4.79 Å². The number of fused-ring (bicyclic) bond motifs is 1. The van der Waals surface area contributed by atoms with Gasteiger partial charge in [-0.25, -0.2) is 4.39 Å². The second-order valence-corrected chi connectivity index (χ2v) is 6.51. The average molecular weight is 357 g/mol. The molecule has 0 N–H and O–H groups in total. The van der Waals surface area contributed by atoms with E-state index < -0.39 is 0 Å². The van der Waals surface area contributed by atoms with Crippen LogP contribution in [0.1, 0.15) is 37.3 Å². The van der Waals surface area contributed by atoms with Crippen LogP contribution in [0.3, 0.4) is 0 Å². The second kappa shape index (κ2) is 8.21. The fourth-order valence-electron chi connectivity index (χ4n) is 3.14. The summed E-state index contributed by atoms with van der Waals surface area (Å²) in [5.41, 5.74) is 1.91. The summed E-state index contributed by atoms with van der Waals surface area (Å²) in [6.07, 6.45) is 0.381. The van der Waals surface area contributed by atoms with E-state index in [1.165, 1.54) is 12.1 Å². The highest BCUT2D eigenvalue weighted by Gasteiger charge is 2.21. The van der Waals surface area contributed by atoms with Gasteiger partial charge in [-0.15, -0.1) is 0 Å². The number of halogens is 1. The van der Waals surface area contributed by atoms with Crippen LogP contribution in [0.25, 0.3) is 0 Å². The van der Waals surface area contributed by atoms with Crippen molar-refractivity contribution in [3.63, 3.8) is 0 Å². The number of benzene rings is 2. The Morgan fingerprint density at radius 3 is 2.62 bits per heavy atom. The Balaban J connectivity index is 1.68. The summed E-state index contributed by atoms with van der Waals surface area (Å²) < 4.78 is 24.4. The summed E-state index contributed by atoms with van der Waals surface area (Å²) in [5, 5.41) is 0. The van der Waals surface area contributed by atoms with Crippen molar-refractivity contribution in [1.29, 1.82) is 0 Å². The van der Waals surface area contributed by atoms with Gasteiger partial charge in [0.25, 0.3) is 0 Å². The topological polar surface area (TPSA) is 38.8 Å². The predicted octanol–water partition coefficient (Wildman–Crippen LogP) is 4.14. The van der Waals surface area contributed by atoms with Crippen LogP contribution in [0, 0.1) is 5.82 Å². The molecule has 2 aromatic carbocycles. The first kappa shape index (κ1) is 18.2. The van der Waals surface area contributed by atoms with Crippen molar-refractivity contribution in [2.75, 3.05) is 19.8 Å². The summed E-state index contributed by atoms with van der Waals surface area (Å²) in [6, 6.07) is 12.1. The molecule has 138 valence electrons. The Bertz CT molecular complexity index is 760. The molecule has 1 aliphatic rings. The molecule has 0 aliphatic carbocycles. The Kier molecular flexibility index (Phi) is 5.76. The largest absolute Gasteiger partial charge is 0.486 e. The number of para-hydroxylation sites is 1. The molecular formula is C21H24FNO3. The van der Waals surface area contributed by atoms with Crippen LogP contribution in [0.2, 0.25) is 0 Å². The van der Waals surface area contributed by atoms with E-state index in [0.29, 0.717) is 32.7 Å². The van der Waals surface area contributed by atoms with Gasteiger partial charge >= 0.3 is 0 Å². The molecule has 0 radical (unpaired) electrons. The van der Waals surface area contributed by atoms with E-state index in [1.54, 1.807) is 12.1 Å². The minimum atomic E-state index is -0.265. The molecule has 0 spiro atoms. The lowest BCUT2D eigenvalue weighted by Crippen LogP contribution is -2.31. The summed E-state index contributed by atoms with van der Waals surface area (Å²) in [7, 11) is 0. The van der Waals surface area contributed by atoms with Crippen LogP contribution < -0.4 is 9.47 Å². The van der Waals surface area contributed by atoms with Gasteiger partial charge in [0.15, 0.2) is 11.5 Å². The molecule has 1 amide bonds. The molecule has 1 heterocycles. The molecule has 1 unspecified atom stereocenters. The third-order valence-electron chi connectivity index (χ3n) is 4.66. The number of hydrogen-bond donors (Lipinski definition) is 0. The van der Waals surface area contributed by atoms with Crippen LogP contribution in [0.15, 0.2) is 42.5 Å². The number of carbonyl (C=O) groups is 1. The third kappa shape index (κ3) is 4.15. The molecule has 0 bridgehead atoms. The van der Waals surface area contributed by atoms with Gasteiger partial charge in [-0.05, 0) is 36.6 Å². The van der Waals surface area contributed by atoms with Crippen molar-refractivity contribution in [2.24, 2.45) is 0 Å². The fourth-order valence-corrected chi connectivity index (χ4v) is 3.14. The molecule has 26 heavy (non-hydrogen) atoms. The molecule has 0 aromatic heterocycles. The third-order valence-corrected chi connectivity index (χ3v) is 4.66. The molecule has 0 fully saturated rings. The van der Waals surface area contributed by atoms with E-state index in [9.17, 15) is 9.18 Å². The number of nitrogens with zero attached hydrogens (tertiary/aromatic N) is 1. The molecule has 1 atom stereocenters. The highest BCUT2D eigenvalue weighted by atomic mass is 19.1. The van der Waals surface area contributed by atoms with Crippen molar-refractivity contribution in [2.45, 2.75) is 32.7 Å². The van der Waals surface area contributed by atoms with Crippen LogP contribution in [0.5, 0.6) is 11.5 Å². The van der Waals surface area contributed by atoms with Gasteiger partial charge in [-0.2, -0.15) is 0 Å². The lowest BCUT2D eigenvalue weighted by molar-refractivity contribution is -0.132. The first-order valence-electron chi connectivity index (χ1n) is 8.99. The second-order valence-electron chi connectivity index (χ2n) is 6.51. The van der Waals surface area contributed by atoms with Gasteiger partial charge in [0.05, 0.1) is 0 Å². The molecule has 4 nitrogen and oxygen atoms in total. The number of ether oxygens (including phenoxy) is 2. The van der Waals surface area contributed by atoms with E-state index in [1.807, 2.05) is 36.9 Å². The minimum absolute atomic E-state index is 0.0291.